The molecule has 2 atom stereocenters. The summed E-state index contributed by atoms with van der Waals surface area (Å²) in [6, 6.07) is 0. The largest absolute Gasteiger partial charge is 0.389 e. The molecule has 0 aliphatic heterocycles. The molecule has 94 valence electrons. The third kappa shape index (κ3) is 3.06. The van der Waals surface area contributed by atoms with Gasteiger partial charge >= 0.3 is 0 Å². The molecule has 0 spiro atoms. The van der Waals surface area contributed by atoms with E-state index in [-0.39, 0.29) is 12.2 Å². The van der Waals surface area contributed by atoms with Crippen molar-refractivity contribution in [3.05, 3.63) is 12.7 Å². The minimum Gasteiger partial charge on any atom is -0.389 e. The summed E-state index contributed by atoms with van der Waals surface area (Å²) in [7, 11) is 3.27. The third-order valence-electron chi connectivity index (χ3n) is 3.64. The fourth-order valence-corrected chi connectivity index (χ4v) is 2.73. The molecular weight excluding hydrogens is 204 g/mol. The van der Waals surface area contributed by atoms with Gasteiger partial charge in [-0.05, 0) is 25.7 Å². The Morgan fingerprint density at radius 1 is 1.44 bits per heavy atom. The van der Waals surface area contributed by atoms with Crippen molar-refractivity contribution in [2.24, 2.45) is 5.92 Å². The summed E-state index contributed by atoms with van der Waals surface area (Å²) in [5, 5.41) is 10.7. The van der Waals surface area contributed by atoms with Gasteiger partial charge in [-0.3, -0.25) is 0 Å². The van der Waals surface area contributed by atoms with E-state index in [4.69, 9.17) is 9.47 Å². The van der Waals surface area contributed by atoms with E-state index in [2.05, 4.69) is 6.58 Å². The lowest BCUT2D eigenvalue weighted by atomic mass is 9.72. The van der Waals surface area contributed by atoms with Gasteiger partial charge in [0, 0.05) is 20.1 Å². The summed E-state index contributed by atoms with van der Waals surface area (Å²) in [5.41, 5.74) is -0.650. The molecule has 1 N–H and O–H groups in total. The van der Waals surface area contributed by atoms with E-state index in [9.17, 15) is 5.11 Å². The molecule has 0 heterocycles. The molecule has 1 aliphatic rings. The van der Waals surface area contributed by atoms with Crippen LogP contribution in [0, 0.1) is 5.92 Å². The molecule has 1 rings (SSSR count). The molecule has 1 saturated carbocycles. The van der Waals surface area contributed by atoms with Crippen molar-refractivity contribution in [1.82, 2.24) is 0 Å². The molecule has 16 heavy (non-hydrogen) atoms. The monoisotopic (exact) mass is 228 g/mol. The average Bonchev–Trinajstić information content (AvgIpc) is 2.31. The quantitative estimate of drug-likeness (QED) is 0.561. The maximum absolute atomic E-state index is 10.7. The first-order valence-electron chi connectivity index (χ1n) is 6.07. The first-order valence-corrected chi connectivity index (χ1v) is 6.07. The van der Waals surface area contributed by atoms with Gasteiger partial charge in [-0.1, -0.05) is 18.9 Å². The van der Waals surface area contributed by atoms with Gasteiger partial charge in [0.15, 0.2) is 6.29 Å². The number of aliphatic hydroxyl groups is 1. The Bertz CT molecular complexity index is 213. The van der Waals surface area contributed by atoms with Gasteiger partial charge in [-0.15, -0.1) is 6.58 Å². The Morgan fingerprint density at radius 3 is 2.69 bits per heavy atom. The lowest BCUT2D eigenvalue weighted by molar-refractivity contribution is -0.201. The summed E-state index contributed by atoms with van der Waals surface area (Å²) in [6.45, 7) is 3.71. The maximum atomic E-state index is 10.7. The van der Waals surface area contributed by atoms with Gasteiger partial charge in [0.05, 0.1) is 5.60 Å². The number of hydrogen-bond acceptors (Lipinski definition) is 3. The molecule has 0 aromatic carbocycles. The van der Waals surface area contributed by atoms with Gasteiger partial charge in [-0.25, -0.2) is 0 Å². The highest BCUT2D eigenvalue weighted by Crippen LogP contribution is 2.40. The van der Waals surface area contributed by atoms with Crippen LogP contribution in [0.2, 0.25) is 0 Å². The van der Waals surface area contributed by atoms with E-state index >= 15 is 0 Å². The van der Waals surface area contributed by atoms with Crippen LogP contribution >= 0.6 is 0 Å². The van der Waals surface area contributed by atoms with Crippen molar-refractivity contribution in [1.29, 1.82) is 0 Å². The van der Waals surface area contributed by atoms with Crippen molar-refractivity contribution >= 4 is 0 Å². The van der Waals surface area contributed by atoms with Crippen molar-refractivity contribution in [2.75, 3.05) is 14.2 Å². The highest BCUT2D eigenvalue weighted by Gasteiger charge is 2.42. The molecule has 0 saturated heterocycles. The van der Waals surface area contributed by atoms with Crippen LogP contribution in [0.3, 0.4) is 0 Å². The van der Waals surface area contributed by atoms with Crippen LogP contribution in [0.5, 0.6) is 0 Å². The zero-order valence-electron chi connectivity index (χ0n) is 10.4. The van der Waals surface area contributed by atoms with Crippen molar-refractivity contribution in [3.8, 4) is 0 Å². The number of allylic oxidation sites excluding steroid dienone is 1. The first kappa shape index (κ1) is 13.7. The molecular formula is C13H24O3. The minimum atomic E-state index is -0.650. The van der Waals surface area contributed by atoms with Crippen LogP contribution < -0.4 is 0 Å². The maximum Gasteiger partial charge on any atom is 0.162 e. The highest BCUT2D eigenvalue weighted by molar-refractivity contribution is 4.93. The average molecular weight is 228 g/mol. The molecule has 0 amide bonds. The van der Waals surface area contributed by atoms with Gasteiger partial charge < -0.3 is 14.6 Å². The van der Waals surface area contributed by atoms with Crippen LogP contribution in [-0.2, 0) is 9.47 Å². The Balaban J connectivity index is 2.71. The fourth-order valence-electron chi connectivity index (χ4n) is 2.73. The van der Waals surface area contributed by atoms with E-state index < -0.39 is 5.60 Å². The van der Waals surface area contributed by atoms with E-state index in [1.54, 1.807) is 14.2 Å². The topological polar surface area (TPSA) is 38.7 Å². The Morgan fingerprint density at radius 2 is 2.12 bits per heavy atom. The van der Waals surface area contributed by atoms with Crippen molar-refractivity contribution < 1.29 is 14.6 Å². The van der Waals surface area contributed by atoms with Crippen LogP contribution in [0.25, 0.3) is 0 Å². The summed E-state index contributed by atoms with van der Waals surface area (Å²) in [4.78, 5) is 0. The fraction of sp³-hybridized carbons (Fsp3) is 0.846. The Hall–Kier alpha value is -0.380. The lowest BCUT2D eigenvalue weighted by Crippen LogP contribution is -2.47. The van der Waals surface area contributed by atoms with Crippen LogP contribution in [0.4, 0.5) is 0 Å². The van der Waals surface area contributed by atoms with Crippen LogP contribution in [0.15, 0.2) is 12.7 Å². The van der Waals surface area contributed by atoms with E-state index in [1.165, 1.54) is 0 Å². The lowest BCUT2D eigenvalue weighted by Gasteiger charge is -2.42. The second-order valence-electron chi connectivity index (χ2n) is 4.62. The van der Waals surface area contributed by atoms with E-state index in [1.807, 2.05) is 6.08 Å². The van der Waals surface area contributed by atoms with Gasteiger partial charge in [0.2, 0.25) is 0 Å². The molecule has 0 radical (unpaired) electrons. The van der Waals surface area contributed by atoms with Crippen molar-refractivity contribution in [2.45, 2.75) is 50.4 Å². The summed E-state index contributed by atoms with van der Waals surface area (Å²) in [5.74, 6) is 0.0798. The summed E-state index contributed by atoms with van der Waals surface area (Å²) < 4.78 is 10.6. The summed E-state index contributed by atoms with van der Waals surface area (Å²) >= 11 is 0. The number of rotatable bonds is 6. The molecule has 2 unspecified atom stereocenters. The number of hydrogen-bond donors (Lipinski definition) is 1. The van der Waals surface area contributed by atoms with Crippen molar-refractivity contribution in [3.63, 3.8) is 0 Å². The van der Waals surface area contributed by atoms with Crippen LogP contribution in [0.1, 0.15) is 38.5 Å². The number of methoxy groups -OCH3 is 2. The van der Waals surface area contributed by atoms with Gasteiger partial charge in [0.1, 0.15) is 0 Å². The molecule has 1 fully saturated rings. The van der Waals surface area contributed by atoms with Crippen LogP contribution in [-0.4, -0.2) is 31.2 Å². The predicted molar refractivity (Wildman–Crippen MR) is 64.1 cm³/mol. The molecule has 0 bridgehead atoms. The predicted octanol–water partition coefficient (Wildman–Crippen LogP) is 2.49. The highest BCUT2D eigenvalue weighted by atomic mass is 16.7. The SMILES string of the molecule is C=CCCC1(O)CCCCC1C(OC)OC. The molecule has 1 aliphatic carbocycles. The normalized spacial score (nSPS) is 30.6. The molecule has 0 aromatic rings. The number of ether oxygens (including phenoxy) is 2. The first-order chi connectivity index (χ1) is 7.68. The zero-order chi connectivity index (χ0) is 12.0. The second kappa shape index (κ2) is 6.38. The molecule has 3 nitrogen and oxygen atoms in total. The smallest absolute Gasteiger partial charge is 0.162 e. The standard InChI is InChI=1S/C13H24O3/c1-4-5-9-13(14)10-7-6-8-11(13)12(15-2)16-3/h4,11-12,14H,1,5-10H2,2-3H3. The Labute approximate surface area is 98.4 Å². The Kier molecular flexibility index (Phi) is 5.46. The van der Waals surface area contributed by atoms with Gasteiger partial charge in [-0.2, -0.15) is 0 Å². The molecule has 0 aromatic heterocycles. The molecule has 3 heteroatoms. The van der Waals surface area contributed by atoms with Gasteiger partial charge in [0.25, 0.3) is 0 Å². The zero-order valence-corrected chi connectivity index (χ0v) is 10.4. The third-order valence-corrected chi connectivity index (χ3v) is 3.64. The summed E-state index contributed by atoms with van der Waals surface area (Å²) in [6.07, 6.45) is 7.20. The second-order valence-corrected chi connectivity index (χ2v) is 4.62. The minimum absolute atomic E-state index is 0.0798. The van der Waals surface area contributed by atoms with E-state index in [0.29, 0.717) is 0 Å². The van der Waals surface area contributed by atoms with E-state index in [0.717, 1.165) is 38.5 Å².